The van der Waals surface area contributed by atoms with Gasteiger partial charge in [-0.1, -0.05) is 78.9 Å². The van der Waals surface area contributed by atoms with E-state index >= 15 is 0 Å². The number of hydrogen-bond donors (Lipinski definition) is 3. The molecule has 0 aromatic heterocycles. The van der Waals surface area contributed by atoms with Crippen LogP contribution in [0.4, 0.5) is 0 Å². The summed E-state index contributed by atoms with van der Waals surface area (Å²) in [7, 11) is 0. The highest BCUT2D eigenvalue weighted by molar-refractivity contribution is 5.80. The summed E-state index contributed by atoms with van der Waals surface area (Å²) in [4.78, 5) is 10.5. The number of carbonyl (C=O) groups is 1. The molecule has 0 radical (unpaired) electrons. The third kappa shape index (κ3) is 6.37. The molecule has 130 valence electrons. The maximum absolute atomic E-state index is 10.5. The van der Waals surface area contributed by atoms with Crippen LogP contribution in [0.15, 0.2) is 78.9 Å². The van der Waals surface area contributed by atoms with Gasteiger partial charge in [0.2, 0.25) is 0 Å². The normalized spacial score (nSPS) is 13.4. The molecular formula is C21H22O4. The molecule has 2 aromatic rings. The van der Waals surface area contributed by atoms with Gasteiger partial charge in [0, 0.05) is 6.42 Å². The average molecular weight is 338 g/mol. The van der Waals surface area contributed by atoms with Crippen molar-refractivity contribution < 1.29 is 20.1 Å². The van der Waals surface area contributed by atoms with E-state index in [4.69, 9.17) is 5.11 Å². The second-order valence-electron chi connectivity index (χ2n) is 5.75. The Kier molecular flexibility index (Phi) is 7.14. The Hall–Kier alpha value is -2.69. The number of allylic oxidation sites excluding steroid dienone is 2. The molecule has 0 saturated carbocycles. The number of benzene rings is 2. The Morgan fingerprint density at radius 2 is 1.44 bits per heavy atom. The minimum atomic E-state index is -1.08. The summed E-state index contributed by atoms with van der Waals surface area (Å²) in [5.74, 6) is -1.08. The maximum Gasteiger partial charge on any atom is 0.305 e. The van der Waals surface area contributed by atoms with E-state index < -0.39 is 18.2 Å². The molecule has 2 aromatic carbocycles. The van der Waals surface area contributed by atoms with Crippen LogP contribution in [0.3, 0.4) is 0 Å². The Morgan fingerprint density at radius 3 is 1.92 bits per heavy atom. The number of aliphatic carboxylic acids is 1. The SMILES string of the molecule is O=C(O)C[C@H](O)C[C@H](O)/C=C/C=C(c1ccccc1)c1ccccc1. The predicted molar refractivity (Wildman–Crippen MR) is 98.0 cm³/mol. The third-order valence-electron chi connectivity index (χ3n) is 3.69. The first-order valence-corrected chi connectivity index (χ1v) is 8.13. The van der Waals surface area contributed by atoms with Gasteiger partial charge < -0.3 is 15.3 Å². The second kappa shape index (κ2) is 9.57. The van der Waals surface area contributed by atoms with Crippen LogP contribution in [0, 0.1) is 0 Å². The average Bonchev–Trinajstić information content (AvgIpc) is 2.59. The monoisotopic (exact) mass is 338 g/mol. The van der Waals surface area contributed by atoms with E-state index in [1.165, 1.54) is 0 Å². The first-order chi connectivity index (χ1) is 12.1. The van der Waals surface area contributed by atoms with Crippen molar-refractivity contribution in [3.05, 3.63) is 90.0 Å². The highest BCUT2D eigenvalue weighted by atomic mass is 16.4. The van der Waals surface area contributed by atoms with Gasteiger partial charge in [-0.15, -0.1) is 0 Å². The molecule has 0 amide bonds. The molecule has 4 nitrogen and oxygen atoms in total. The molecular weight excluding hydrogens is 316 g/mol. The van der Waals surface area contributed by atoms with Gasteiger partial charge in [0.15, 0.2) is 0 Å². The minimum Gasteiger partial charge on any atom is -0.481 e. The van der Waals surface area contributed by atoms with E-state index in [2.05, 4.69) is 0 Å². The van der Waals surface area contributed by atoms with Crippen LogP contribution in [-0.4, -0.2) is 33.5 Å². The lowest BCUT2D eigenvalue weighted by Gasteiger charge is -2.10. The number of carboxylic acids is 1. The van der Waals surface area contributed by atoms with E-state index in [1.54, 1.807) is 12.2 Å². The molecule has 0 heterocycles. The fraction of sp³-hybridized carbons (Fsp3) is 0.190. The topological polar surface area (TPSA) is 77.8 Å². The highest BCUT2D eigenvalue weighted by Gasteiger charge is 2.13. The molecule has 4 heteroatoms. The van der Waals surface area contributed by atoms with Crippen molar-refractivity contribution in [2.24, 2.45) is 0 Å². The van der Waals surface area contributed by atoms with E-state index in [-0.39, 0.29) is 12.8 Å². The molecule has 0 spiro atoms. The minimum absolute atomic E-state index is 0.0113. The van der Waals surface area contributed by atoms with E-state index in [0.717, 1.165) is 16.7 Å². The Bertz CT molecular complexity index is 679. The number of carboxylic acid groups (broad SMARTS) is 1. The molecule has 0 aliphatic carbocycles. The van der Waals surface area contributed by atoms with Crippen LogP contribution in [0.5, 0.6) is 0 Å². The summed E-state index contributed by atoms with van der Waals surface area (Å²) in [5.41, 5.74) is 3.12. The smallest absolute Gasteiger partial charge is 0.305 e. The molecule has 2 rings (SSSR count). The summed E-state index contributed by atoms with van der Waals surface area (Å²) in [6.45, 7) is 0. The van der Waals surface area contributed by atoms with Crippen LogP contribution >= 0.6 is 0 Å². The summed E-state index contributed by atoms with van der Waals surface area (Å²) in [5, 5.41) is 28.1. The molecule has 0 unspecified atom stereocenters. The van der Waals surface area contributed by atoms with Gasteiger partial charge >= 0.3 is 5.97 Å². The largest absolute Gasteiger partial charge is 0.481 e. The fourth-order valence-corrected chi connectivity index (χ4v) is 2.52. The van der Waals surface area contributed by atoms with Gasteiger partial charge in [-0.25, -0.2) is 0 Å². The van der Waals surface area contributed by atoms with Gasteiger partial charge in [0.25, 0.3) is 0 Å². The summed E-state index contributed by atoms with van der Waals surface area (Å²) < 4.78 is 0. The molecule has 25 heavy (non-hydrogen) atoms. The zero-order valence-corrected chi connectivity index (χ0v) is 13.8. The van der Waals surface area contributed by atoms with E-state index in [0.29, 0.717) is 0 Å². The number of aliphatic hydroxyl groups is 2. The summed E-state index contributed by atoms with van der Waals surface area (Å²) in [6, 6.07) is 19.8. The zero-order chi connectivity index (χ0) is 18.1. The Labute approximate surface area is 147 Å². The molecule has 0 fully saturated rings. The first kappa shape index (κ1) is 18.6. The van der Waals surface area contributed by atoms with E-state index in [9.17, 15) is 15.0 Å². The number of hydrogen-bond acceptors (Lipinski definition) is 3. The van der Waals surface area contributed by atoms with Crippen LogP contribution in [-0.2, 0) is 4.79 Å². The van der Waals surface area contributed by atoms with Gasteiger partial charge in [-0.3, -0.25) is 4.79 Å². The maximum atomic E-state index is 10.5. The second-order valence-corrected chi connectivity index (χ2v) is 5.75. The van der Waals surface area contributed by atoms with Crippen LogP contribution in [0.25, 0.3) is 5.57 Å². The van der Waals surface area contributed by atoms with Crippen molar-refractivity contribution in [2.45, 2.75) is 25.0 Å². The Morgan fingerprint density at radius 1 is 0.920 bits per heavy atom. The highest BCUT2D eigenvalue weighted by Crippen LogP contribution is 2.23. The standard InChI is InChI=1S/C21H22O4/c22-18(14-19(23)15-21(24)25)12-7-13-20(16-8-3-1-4-9-16)17-10-5-2-6-11-17/h1-13,18-19,22-23H,14-15H2,(H,24,25)/b12-7+/t18-,19-/m1/s1. The summed E-state index contributed by atoms with van der Waals surface area (Å²) >= 11 is 0. The van der Waals surface area contributed by atoms with Crippen molar-refractivity contribution in [3.8, 4) is 0 Å². The molecule has 0 bridgehead atoms. The fourth-order valence-electron chi connectivity index (χ4n) is 2.52. The van der Waals surface area contributed by atoms with Crippen molar-refractivity contribution in [2.75, 3.05) is 0 Å². The lowest BCUT2D eigenvalue weighted by atomic mass is 9.97. The lowest BCUT2D eigenvalue weighted by Crippen LogP contribution is -2.19. The van der Waals surface area contributed by atoms with Crippen molar-refractivity contribution in [3.63, 3.8) is 0 Å². The van der Waals surface area contributed by atoms with Crippen LogP contribution < -0.4 is 0 Å². The number of aliphatic hydroxyl groups excluding tert-OH is 2. The Balaban J connectivity index is 2.14. The summed E-state index contributed by atoms with van der Waals surface area (Å²) in [6.07, 6.45) is 2.83. The molecule has 0 aliphatic rings. The molecule has 3 N–H and O–H groups in total. The van der Waals surface area contributed by atoms with Gasteiger partial charge in [0.05, 0.1) is 18.6 Å². The first-order valence-electron chi connectivity index (χ1n) is 8.13. The van der Waals surface area contributed by atoms with Crippen LogP contribution in [0.1, 0.15) is 24.0 Å². The van der Waals surface area contributed by atoms with Crippen molar-refractivity contribution in [1.82, 2.24) is 0 Å². The number of rotatable bonds is 8. The van der Waals surface area contributed by atoms with Crippen molar-refractivity contribution in [1.29, 1.82) is 0 Å². The molecule has 0 saturated heterocycles. The third-order valence-corrected chi connectivity index (χ3v) is 3.69. The molecule has 0 aliphatic heterocycles. The van der Waals surface area contributed by atoms with Crippen molar-refractivity contribution >= 4 is 11.5 Å². The zero-order valence-electron chi connectivity index (χ0n) is 13.8. The quantitative estimate of drug-likeness (QED) is 0.646. The van der Waals surface area contributed by atoms with E-state index in [1.807, 2.05) is 66.7 Å². The van der Waals surface area contributed by atoms with Crippen LogP contribution in [0.2, 0.25) is 0 Å². The van der Waals surface area contributed by atoms with Gasteiger partial charge in [-0.2, -0.15) is 0 Å². The van der Waals surface area contributed by atoms with Gasteiger partial charge in [0.1, 0.15) is 0 Å². The predicted octanol–water partition coefficient (Wildman–Crippen LogP) is 3.26. The lowest BCUT2D eigenvalue weighted by molar-refractivity contribution is -0.139. The van der Waals surface area contributed by atoms with Gasteiger partial charge in [-0.05, 0) is 16.7 Å². The molecule has 2 atom stereocenters.